The summed E-state index contributed by atoms with van der Waals surface area (Å²) in [6.07, 6.45) is -2.04. The van der Waals surface area contributed by atoms with Gasteiger partial charge in [0.25, 0.3) is 16.5 Å². The molecule has 26 heavy (non-hydrogen) atoms. The summed E-state index contributed by atoms with van der Waals surface area (Å²) >= 11 is 0. The van der Waals surface area contributed by atoms with Gasteiger partial charge in [-0.2, -0.15) is 8.42 Å². The monoisotopic (exact) mass is 397 g/mol. The number of hydrogen-bond donors (Lipinski definition) is 1. The van der Waals surface area contributed by atoms with Crippen molar-refractivity contribution in [1.29, 1.82) is 0 Å². The summed E-state index contributed by atoms with van der Waals surface area (Å²) < 4.78 is 61.4. The van der Waals surface area contributed by atoms with E-state index in [4.69, 9.17) is 9.92 Å². The minimum atomic E-state index is -4.59. The van der Waals surface area contributed by atoms with Gasteiger partial charge in [-0.15, -0.1) is 0 Å². The Labute approximate surface area is 151 Å². The van der Waals surface area contributed by atoms with Gasteiger partial charge in [0.15, 0.2) is 5.60 Å². The molecule has 0 aromatic heterocycles. The SMILES string of the molecule is COC(=O)[C@@H](N)[C@](C)(OS(=O)(=O)C[C@@]12CCC(CC1=O)C2(C)C)C(F)F. The Balaban J connectivity index is 2.32. The smallest absolute Gasteiger partial charge is 0.325 e. The molecule has 2 rings (SSSR count). The number of carbonyl (C=O) groups excluding carboxylic acids is 2. The van der Waals surface area contributed by atoms with E-state index < -0.39 is 50.7 Å². The molecule has 10 heteroatoms. The Morgan fingerprint density at radius 2 is 2.00 bits per heavy atom. The van der Waals surface area contributed by atoms with Crippen molar-refractivity contribution < 1.29 is 35.7 Å². The van der Waals surface area contributed by atoms with E-state index in [1.54, 1.807) is 0 Å². The number of methoxy groups -OCH3 is 1. The Morgan fingerprint density at radius 1 is 1.42 bits per heavy atom. The number of nitrogens with two attached hydrogens (primary N) is 1. The maximum absolute atomic E-state index is 13.5. The molecule has 0 aromatic carbocycles. The minimum Gasteiger partial charge on any atom is -0.468 e. The largest absolute Gasteiger partial charge is 0.468 e. The van der Waals surface area contributed by atoms with E-state index in [0.29, 0.717) is 12.8 Å². The number of halogens is 2. The first-order valence-corrected chi connectivity index (χ1v) is 9.89. The molecule has 0 aliphatic heterocycles. The molecule has 2 fully saturated rings. The van der Waals surface area contributed by atoms with E-state index in [1.807, 2.05) is 13.8 Å². The van der Waals surface area contributed by atoms with Crippen molar-refractivity contribution in [2.24, 2.45) is 22.5 Å². The van der Waals surface area contributed by atoms with Gasteiger partial charge in [-0.3, -0.25) is 13.8 Å². The van der Waals surface area contributed by atoms with Crippen molar-refractivity contribution in [3.8, 4) is 0 Å². The number of ether oxygens (including phenoxy) is 1. The fourth-order valence-corrected chi connectivity index (χ4v) is 6.36. The molecule has 0 amide bonds. The van der Waals surface area contributed by atoms with Crippen molar-refractivity contribution in [2.45, 2.75) is 58.1 Å². The molecule has 150 valence electrons. The van der Waals surface area contributed by atoms with Crippen molar-refractivity contribution in [3.05, 3.63) is 0 Å². The van der Waals surface area contributed by atoms with Crippen LogP contribution < -0.4 is 5.73 Å². The first-order valence-electron chi connectivity index (χ1n) is 8.32. The molecule has 0 aromatic rings. The van der Waals surface area contributed by atoms with E-state index in [-0.39, 0.29) is 18.1 Å². The molecular weight excluding hydrogens is 372 g/mol. The summed E-state index contributed by atoms with van der Waals surface area (Å²) in [6.45, 7) is 4.38. The third-order valence-corrected chi connectivity index (χ3v) is 7.83. The maximum Gasteiger partial charge on any atom is 0.325 e. The zero-order valence-corrected chi connectivity index (χ0v) is 16.1. The van der Waals surface area contributed by atoms with Gasteiger partial charge in [-0.05, 0) is 31.1 Å². The van der Waals surface area contributed by atoms with Gasteiger partial charge in [0, 0.05) is 6.42 Å². The Kier molecular flexibility index (Phi) is 5.28. The highest BCUT2D eigenvalue weighted by atomic mass is 32.2. The van der Waals surface area contributed by atoms with Crippen LogP contribution in [0.2, 0.25) is 0 Å². The molecule has 0 saturated heterocycles. The Hall–Kier alpha value is -1.13. The molecule has 0 spiro atoms. The quantitative estimate of drug-likeness (QED) is 0.508. The summed E-state index contributed by atoms with van der Waals surface area (Å²) in [4.78, 5) is 24.0. The maximum atomic E-state index is 13.5. The number of ketones is 1. The number of fused-ring (bicyclic) bond motifs is 2. The van der Waals surface area contributed by atoms with Crippen LogP contribution in [0.4, 0.5) is 8.78 Å². The summed E-state index contributed by atoms with van der Waals surface area (Å²) in [5.74, 6) is -2.07. The van der Waals surface area contributed by atoms with Gasteiger partial charge in [-0.1, -0.05) is 13.8 Å². The van der Waals surface area contributed by atoms with Crippen LogP contribution in [0.3, 0.4) is 0 Å². The summed E-state index contributed by atoms with van der Waals surface area (Å²) in [7, 11) is -3.65. The molecule has 2 aliphatic carbocycles. The number of Topliss-reactive ketones (excluding diaryl/α,β-unsaturated/α-hetero) is 1. The molecule has 4 atom stereocenters. The lowest BCUT2D eigenvalue weighted by Crippen LogP contribution is -2.59. The standard InChI is InChI=1S/C16H25F2NO6S/c1-14(2)9-5-6-16(14,10(20)7-9)8-26(22,23)25-15(3,13(17)18)11(19)12(21)24-4/h9,11,13H,5-8,19H2,1-4H3/t9?,11-,15+,16+/m1/s1. The number of carbonyl (C=O) groups is 2. The van der Waals surface area contributed by atoms with Crippen LogP contribution in [-0.2, 0) is 28.6 Å². The molecule has 0 radical (unpaired) electrons. The zero-order chi connectivity index (χ0) is 20.1. The van der Waals surface area contributed by atoms with Crippen LogP contribution in [0.1, 0.15) is 40.0 Å². The van der Waals surface area contributed by atoms with E-state index >= 15 is 0 Å². The van der Waals surface area contributed by atoms with E-state index in [0.717, 1.165) is 14.0 Å². The first-order chi connectivity index (χ1) is 11.7. The molecule has 0 heterocycles. The second-order valence-corrected chi connectivity index (χ2v) is 9.51. The fraction of sp³-hybridized carbons (Fsp3) is 0.875. The molecule has 2 N–H and O–H groups in total. The number of hydrogen-bond acceptors (Lipinski definition) is 7. The van der Waals surface area contributed by atoms with Gasteiger partial charge < -0.3 is 10.5 Å². The Bertz CT molecular complexity index is 710. The topological polar surface area (TPSA) is 113 Å². The van der Waals surface area contributed by atoms with Crippen molar-refractivity contribution in [2.75, 3.05) is 12.9 Å². The third-order valence-electron chi connectivity index (χ3n) is 6.37. The highest BCUT2D eigenvalue weighted by molar-refractivity contribution is 7.86. The van der Waals surface area contributed by atoms with Crippen LogP contribution >= 0.6 is 0 Å². The highest BCUT2D eigenvalue weighted by Gasteiger charge is 2.66. The van der Waals surface area contributed by atoms with E-state index in [1.165, 1.54) is 0 Å². The molecule has 2 saturated carbocycles. The predicted molar refractivity (Wildman–Crippen MR) is 87.8 cm³/mol. The van der Waals surface area contributed by atoms with Crippen molar-refractivity contribution in [1.82, 2.24) is 0 Å². The number of esters is 1. The van der Waals surface area contributed by atoms with Crippen LogP contribution in [0.5, 0.6) is 0 Å². The summed E-state index contributed by atoms with van der Waals surface area (Å²) in [6, 6.07) is -2.01. The zero-order valence-electron chi connectivity index (χ0n) is 15.3. The fourth-order valence-electron chi connectivity index (χ4n) is 4.30. The third kappa shape index (κ3) is 3.05. The minimum absolute atomic E-state index is 0.0593. The van der Waals surface area contributed by atoms with Gasteiger partial charge in [0.1, 0.15) is 11.8 Å². The van der Waals surface area contributed by atoms with Gasteiger partial charge in [0.05, 0.1) is 18.3 Å². The average Bonchev–Trinajstić information content (AvgIpc) is 2.86. The lowest BCUT2D eigenvalue weighted by molar-refractivity contribution is -0.154. The second kappa shape index (κ2) is 6.49. The van der Waals surface area contributed by atoms with Crippen LogP contribution in [0.15, 0.2) is 0 Å². The predicted octanol–water partition coefficient (Wildman–Crippen LogP) is 1.25. The molecular formula is C16H25F2NO6S. The lowest BCUT2D eigenvalue weighted by atomic mass is 9.70. The highest BCUT2D eigenvalue weighted by Crippen LogP contribution is 2.64. The summed E-state index contributed by atoms with van der Waals surface area (Å²) in [5, 5.41) is 0. The molecule has 2 aliphatic rings. The van der Waals surface area contributed by atoms with Gasteiger partial charge in [0.2, 0.25) is 0 Å². The average molecular weight is 397 g/mol. The van der Waals surface area contributed by atoms with Crippen molar-refractivity contribution >= 4 is 21.9 Å². The second-order valence-electron chi connectivity index (χ2n) is 7.94. The summed E-state index contributed by atoms with van der Waals surface area (Å²) in [5.41, 5.74) is 0.918. The first kappa shape index (κ1) is 21.2. The van der Waals surface area contributed by atoms with E-state index in [2.05, 4.69) is 4.74 Å². The number of alkyl halides is 2. The molecule has 2 bridgehead atoms. The molecule has 1 unspecified atom stereocenters. The normalized spacial score (nSPS) is 31.1. The van der Waals surface area contributed by atoms with Crippen LogP contribution in [-0.4, -0.2) is 51.1 Å². The van der Waals surface area contributed by atoms with E-state index in [9.17, 15) is 26.8 Å². The van der Waals surface area contributed by atoms with Gasteiger partial charge >= 0.3 is 5.97 Å². The van der Waals surface area contributed by atoms with Gasteiger partial charge in [-0.25, -0.2) is 8.78 Å². The van der Waals surface area contributed by atoms with Crippen molar-refractivity contribution in [3.63, 3.8) is 0 Å². The number of rotatable bonds is 7. The molecule has 7 nitrogen and oxygen atoms in total. The Morgan fingerprint density at radius 3 is 2.38 bits per heavy atom. The van der Waals surface area contributed by atoms with Crippen LogP contribution in [0.25, 0.3) is 0 Å². The van der Waals surface area contributed by atoms with Crippen LogP contribution in [0, 0.1) is 16.7 Å². The lowest BCUT2D eigenvalue weighted by Gasteiger charge is -2.38.